The van der Waals surface area contributed by atoms with Crippen LogP contribution in [0, 0.1) is 17.2 Å². The summed E-state index contributed by atoms with van der Waals surface area (Å²) in [6.45, 7) is 4.50. The lowest BCUT2D eigenvalue weighted by molar-refractivity contribution is 0.167. The number of nitrogens with one attached hydrogen (secondary N) is 1. The van der Waals surface area contributed by atoms with E-state index in [1.165, 1.54) is 22.3 Å². The number of hydrogen-bond donors (Lipinski definition) is 1. The molecule has 0 spiro atoms. The zero-order valence-electron chi connectivity index (χ0n) is 16.4. The molecule has 3 aromatic rings. The number of nitrogens with zero attached hydrogens (tertiary/aromatic N) is 3. The molecule has 5 rings (SSSR count). The number of fused-ring (bicyclic) bond motifs is 3. The van der Waals surface area contributed by atoms with Crippen LogP contribution in [0.4, 0.5) is 0 Å². The number of H-pyrrole nitrogens is 1. The van der Waals surface area contributed by atoms with Crippen LogP contribution < -0.4 is 4.74 Å². The SMILES string of the molecule is CCc1cc2c(cc1OCC1CCOC1)Cc1c(-c3ccc(C#N)nc3)n[nH]c1-2. The number of benzene rings is 1. The monoisotopic (exact) mass is 386 g/mol. The van der Waals surface area contributed by atoms with Gasteiger partial charge in [0.1, 0.15) is 17.5 Å². The van der Waals surface area contributed by atoms with Gasteiger partial charge in [0, 0.05) is 41.8 Å². The maximum absolute atomic E-state index is 8.97. The predicted octanol–water partition coefficient (Wildman–Crippen LogP) is 3.89. The van der Waals surface area contributed by atoms with Crippen molar-refractivity contribution < 1.29 is 9.47 Å². The molecule has 1 aliphatic carbocycles. The van der Waals surface area contributed by atoms with E-state index in [2.05, 4.69) is 40.3 Å². The van der Waals surface area contributed by atoms with Gasteiger partial charge in [-0.25, -0.2) is 4.98 Å². The van der Waals surface area contributed by atoms with E-state index in [0.29, 0.717) is 18.2 Å². The van der Waals surface area contributed by atoms with E-state index in [0.717, 1.165) is 55.2 Å². The van der Waals surface area contributed by atoms with Crippen molar-refractivity contribution in [2.45, 2.75) is 26.2 Å². The van der Waals surface area contributed by atoms with Crippen molar-refractivity contribution in [2.75, 3.05) is 19.8 Å². The summed E-state index contributed by atoms with van der Waals surface area (Å²) in [5, 5.41) is 16.7. The van der Waals surface area contributed by atoms with Crippen LogP contribution in [0.3, 0.4) is 0 Å². The number of rotatable bonds is 5. The Morgan fingerprint density at radius 1 is 1.34 bits per heavy atom. The van der Waals surface area contributed by atoms with Gasteiger partial charge >= 0.3 is 0 Å². The first-order chi connectivity index (χ1) is 14.3. The number of aromatic amines is 1. The van der Waals surface area contributed by atoms with Crippen LogP contribution in [0.5, 0.6) is 5.75 Å². The average molecular weight is 386 g/mol. The highest BCUT2D eigenvalue weighted by Crippen LogP contribution is 2.42. The molecule has 1 fully saturated rings. The molecular formula is C23H22N4O2. The fourth-order valence-electron chi connectivity index (χ4n) is 4.17. The molecule has 3 heterocycles. The Balaban J connectivity index is 1.45. The molecule has 0 amide bonds. The van der Waals surface area contributed by atoms with E-state index >= 15 is 0 Å². The van der Waals surface area contributed by atoms with Gasteiger partial charge in [0.2, 0.25) is 0 Å². The summed E-state index contributed by atoms with van der Waals surface area (Å²) in [5.74, 6) is 1.47. The number of aryl methyl sites for hydroxylation is 1. The first-order valence-electron chi connectivity index (χ1n) is 10.1. The first-order valence-corrected chi connectivity index (χ1v) is 10.1. The molecule has 1 N–H and O–H groups in total. The molecule has 6 nitrogen and oxygen atoms in total. The summed E-state index contributed by atoms with van der Waals surface area (Å²) in [7, 11) is 0. The van der Waals surface area contributed by atoms with E-state index in [1.54, 1.807) is 12.3 Å². The van der Waals surface area contributed by atoms with Gasteiger partial charge in [-0.3, -0.25) is 5.10 Å². The van der Waals surface area contributed by atoms with E-state index in [9.17, 15) is 0 Å². The third kappa shape index (κ3) is 3.18. The molecular weight excluding hydrogens is 364 g/mol. The van der Waals surface area contributed by atoms with Crippen LogP contribution in [0.1, 0.15) is 35.7 Å². The standard InChI is InChI=1S/C23H22N4O2/c1-2-15-7-19-17(9-21(15)29-13-14-5-6-28-12-14)8-20-22(26-27-23(19)20)16-3-4-18(10-24)25-11-16/h3-4,7,9,11,14H,2,5-6,8,12-13H2,1H3,(H,26,27). The highest BCUT2D eigenvalue weighted by molar-refractivity contribution is 5.82. The second-order valence-electron chi connectivity index (χ2n) is 7.66. The summed E-state index contributed by atoms with van der Waals surface area (Å²) in [5.41, 5.74) is 8.15. The molecule has 2 aromatic heterocycles. The molecule has 0 saturated carbocycles. The average Bonchev–Trinajstić information content (AvgIpc) is 3.48. The van der Waals surface area contributed by atoms with Crippen molar-refractivity contribution >= 4 is 0 Å². The number of nitriles is 1. The second-order valence-corrected chi connectivity index (χ2v) is 7.66. The summed E-state index contributed by atoms with van der Waals surface area (Å²) >= 11 is 0. The number of aromatic nitrogens is 3. The molecule has 1 atom stereocenters. The van der Waals surface area contributed by atoms with E-state index in [-0.39, 0.29) is 0 Å². The Bertz CT molecular complexity index is 1090. The molecule has 0 radical (unpaired) electrons. The molecule has 1 aromatic carbocycles. The topological polar surface area (TPSA) is 83.8 Å². The van der Waals surface area contributed by atoms with E-state index in [4.69, 9.17) is 14.7 Å². The minimum absolute atomic E-state index is 0.409. The zero-order chi connectivity index (χ0) is 19.8. The highest BCUT2D eigenvalue weighted by atomic mass is 16.5. The Labute approximate surface area is 169 Å². The molecule has 29 heavy (non-hydrogen) atoms. The van der Waals surface area contributed by atoms with Gasteiger partial charge in [-0.15, -0.1) is 0 Å². The zero-order valence-corrected chi connectivity index (χ0v) is 16.4. The van der Waals surface area contributed by atoms with Crippen molar-refractivity contribution in [2.24, 2.45) is 5.92 Å². The van der Waals surface area contributed by atoms with Gasteiger partial charge in [0.05, 0.1) is 24.6 Å². The summed E-state index contributed by atoms with van der Waals surface area (Å²) in [6.07, 6.45) is 4.52. The van der Waals surface area contributed by atoms with Gasteiger partial charge in [-0.05, 0) is 48.2 Å². The van der Waals surface area contributed by atoms with Gasteiger partial charge in [-0.2, -0.15) is 10.4 Å². The minimum atomic E-state index is 0.409. The molecule has 6 heteroatoms. The number of ether oxygens (including phenoxy) is 2. The van der Waals surface area contributed by atoms with Crippen LogP contribution in [0.15, 0.2) is 30.5 Å². The summed E-state index contributed by atoms with van der Waals surface area (Å²) in [6, 6.07) is 10.1. The normalized spacial score (nSPS) is 17.0. The lowest BCUT2D eigenvalue weighted by Gasteiger charge is -2.15. The third-order valence-corrected chi connectivity index (χ3v) is 5.82. The predicted molar refractivity (Wildman–Crippen MR) is 109 cm³/mol. The second kappa shape index (κ2) is 7.34. The minimum Gasteiger partial charge on any atom is -0.493 e. The van der Waals surface area contributed by atoms with Gasteiger partial charge in [0.25, 0.3) is 0 Å². The van der Waals surface area contributed by atoms with Crippen LogP contribution in [-0.4, -0.2) is 35.0 Å². The largest absolute Gasteiger partial charge is 0.493 e. The van der Waals surface area contributed by atoms with Gasteiger partial charge < -0.3 is 9.47 Å². The van der Waals surface area contributed by atoms with Crippen molar-refractivity contribution in [1.82, 2.24) is 15.2 Å². The van der Waals surface area contributed by atoms with E-state index in [1.807, 2.05) is 6.07 Å². The number of pyridine rings is 1. The lowest BCUT2D eigenvalue weighted by Crippen LogP contribution is -2.12. The lowest BCUT2D eigenvalue weighted by atomic mass is 10.0. The molecule has 1 saturated heterocycles. The Morgan fingerprint density at radius 2 is 2.28 bits per heavy atom. The van der Waals surface area contributed by atoms with Crippen molar-refractivity contribution in [3.63, 3.8) is 0 Å². The fourth-order valence-corrected chi connectivity index (χ4v) is 4.17. The Hall–Kier alpha value is -3.17. The van der Waals surface area contributed by atoms with Crippen LogP contribution >= 0.6 is 0 Å². The highest BCUT2D eigenvalue weighted by Gasteiger charge is 2.27. The van der Waals surface area contributed by atoms with Crippen LogP contribution in [0.2, 0.25) is 0 Å². The molecule has 0 bridgehead atoms. The first kappa shape index (κ1) is 17.9. The quantitative estimate of drug-likeness (QED) is 0.562. The Morgan fingerprint density at radius 3 is 3.00 bits per heavy atom. The molecule has 1 unspecified atom stereocenters. The molecule has 2 aliphatic rings. The third-order valence-electron chi connectivity index (χ3n) is 5.82. The maximum atomic E-state index is 8.97. The fraction of sp³-hybridized carbons (Fsp3) is 0.348. The van der Waals surface area contributed by atoms with Crippen LogP contribution in [-0.2, 0) is 17.6 Å². The smallest absolute Gasteiger partial charge is 0.140 e. The number of hydrogen-bond acceptors (Lipinski definition) is 5. The maximum Gasteiger partial charge on any atom is 0.140 e. The van der Waals surface area contributed by atoms with Crippen molar-refractivity contribution in [3.8, 4) is 34.3 Å². The Kier molecular flexibility index (Phi) is 4.53. The van der Waals surface area contributed by atoms with Crippen molar-refractivity contribution in [3.05, 3.63) is 52.8 Å². The summed E-state index contributed by atoms with van der Waals surface area (Å²) in [4.78, 5) is 4.19. The molecule has 146 valence electrons. The van der Waals surface area contributed by atoms with Gasteiger partial charge in [0.15, 0.2) is 0 Å². The summed E-state index contributed by atoms with van der Waals surface area (Å²) < 4.78 is 11.7. The van der Waals surface area contributed by atoms with Crippen molar-refractivity contribution in [1.29, 1.82) is 5.26 Å². The van der Waals surface area contributed by atoms with Crippen LogP contribution in [0.25, 0.3) is 22.5 Å². The van der Waals surface area contributed by atoms with Gasteiger partial charge in [-0.1, -0.05) is 6.92 Å². The van der Waals surface area contributed by atoms with E-state index < -0.39 is 0 Å². The molecule has 1 aliphatic heterocycles.